The summed E-state index contributed by atoms with van der Waals surface area (Å²) in [5.41, 5.74) is 6.49. The van der Waals surface area contributed by atoms with E-state index in [1.165, 1.54) is 11.1 Å². The lowest BCUT2D eigenvalue weighted by atomic mass is 10.0. The number of aliphatic hydroxyl groups excluding tert-OH is 1. The van der Waals surface area contributed by atoms with Gasteiger partial charge in [-0.25, -0.2) is 0 Å². The Morgan fingerprint density at radius 1 is 1.19 bits per heavy atom. The van der Waals surface area contributed by atoms with Gasteiger partial charge in [0, 0.05) is 29.6 Å². The van der Waals surface area contributed by atoms with Gasteiger partial charge in [0.25, 0.3) is 5.91 Å². The van der Waals surface area contributed by atoms with Gasteiger partial charge >= 0.3 is 0 Å². The molecule has 1 aliphatic carbocycles. The molecule has 1 aliphatic heterocycles. The van der Waals surface area contributed by atoms with E-state index in [2.05, 4.69) is 15.2 Å². The number of hydrogen-bond donors (Lipinski definition) is 3. The summed E-state index contributed by atoms with van der Waals surface area (Å²) >= 11 is 0. The number of fused-ring (bicyclic) bond motifs is 5. The van der Waals surface area contributed by atoms with Crippen LogP contribution in [0.4, 0.5) is 0 Å². The second-order valence-electron chi connectivity index (χ2n) is 7.39. The summed E-state index contributed by atoms with van der Waals surface area (Å²) < 4.78 is 0. The highest BCUT2D eigenvalue weighted by atomic mass is 16.3. The van der Waals surface area contributed by atoms with Crippen LogP contribution in [0.15, 0.2) is 24.4 Å². The number of amides is 1. The van der Waals surface area contributed by atoms with Crippen molar-refractivity contribution in [3.8, 4) is 11.4 Å². The first-order chi connectivity index (χ1) is 12.7. The van der Waals surface area contributed by atoms with Crippen molar-refractivity contribution in [3.63, 3.8) is 0 Å². The predicted molar refractivity (Wildman–Crippen MR) is 99.0 cm³/mol. The Morgan fingerprint density at radius 2 is 2.04 bits per heavy atom. The summed E-state index contributed by atoms with van der Waals surface area (Å²) in [5.74, 6) is 0.0598. The van der Waals surface area contributed by atoms with Gasteiger partial charge in [-0.1, -0.05) is 0 Å². The fourth-order valence-corrected chi connectivity index (χ4v) is 4.28. The minimum absolute atomic E-state index is 0.0598. The van der Waals surface area contributed by atoms with Crippen molar-refractivity contribution in [2.24, 2.45) is 0 Å². The lowest BCUT2D eigenvalue weighted by molar-refractivity contribution is 0.0546. The van der Waals surface area contributed by atoms with Crippen LogP contribution < -0.4 is 0 Å². The van der Waals surface area contributed by atoms with Gasteiger partial charge in [-0.2, -0.15) is 5.10 Å². The van der Waals surface area contributed by atoms with Crippen LogP contribution in [-0.2, 0) is 12.8 Å². The highest BCUT2D eigenvalue weighted by Crippen LogP contribution is 2.35. The molecule has 26 heavy (non-hydrogen) atoms. The molecule has 134 valence electrons. The van der Waals surface area contributed by atoms with Crippen LogP contribution >= 0.6 is 0 Å². The second kappa shape index (κ2) is 5.99. The van der Waals surface area contributed by atoms with Crippen molar-refractivity contribution in [1.29, 1.82) is 0 Å². The average molecular weight is 350 g/mol. The molecule has 0 bridgehead atoms. The summed E-state index contributed by atoms with van der Waals surface area (Å²) in [6, 6.07) is 5.94. The number of carbonyl (C=O) groups excluding carboxylic acids is 1. The van der Waals surface area contributed by atoms with Gasteiger partial charge in [-0.15, -0.1) is 0 Å². The number of hydrogen-bond acceptors (Lipinski definition) is 3. The first-order valence-corrected chi connectivity index (χ1v) is 9.35. The Hall–Kier alpha value is -2.60. The normalized spacial score (nSPS) is 17.8. The molecule has 1 saturated heterocycles. The monoisotopic (exact) mass is 350 g/mol. The highest BCUT2D eigenvalue weighted by molar-refractivity contribution is 6.00. The largest absolute Gasteiger partial charge is 0.393 e. The molecule has 6 heteroatoms. The summed E-state index contributed by atoms with van der Waals surface area (Å²) in [4.78, 5) is 18.3. The van der Waals surface area contributed by atoms with Crippen LogP contribution in [0.5, 0.6) is 0 Å². The van der Waals surface area contributed by atoms with Crippen LogP contribution in [0.3, 0.4) is 0 Å². The Morgan fingerprint density at radius 3 is 2.88 bits per heavy atom. The van der Waals surface area contributed by atoms with Gasteiger partial charge in [-0.3, -0.25) is 9.89 Å². The third kappa shape index (κ3) is 2.44. The number of benzene rings is 1. The van der Waals surface area contributed by atoms with E-state index in [0.29, 0.717) is 25.9 Å². The molecule has 0 saturated carbocycles. The van der Waals surface area contributed by atoms with E-state index in [9.17, 15) is 9.90 Å². The molecular formula is C20H22N4O2. The lowest BCUT2D eigenvalue weighted by Gasteiger charge is -2.29. The maximum Gasteiger partial charge on any atom is 0.253 e. The van der Waals surface area contributed by atoms with Gasteiger partial charge in [0.1, 0.15) is 0 Å². The average Bonchev–Trinajstić information content (AvgIpc) is 3.22. The molecule has 3 N–H and O–H groups in total. The van der Waals surface area contributed by atoms with Crippen LogP contribution in [0.1, 0.15) is 40.7 Å². The van der Waals surface area contributed by atoms with E-state index < -0.39 is 0 Å². The summed E-state index contributed by atoms with van der Waals surface area (Å²) in [5, 5.41) is 18.1. The molecule has 1 amide bonds. The molecule has 2 aliphatic rings. The first kappa shape index (κ1) is 15.6. The van der Waals surface area contributed by atoms with Crippen molar-refractivity contribution in [2.75, 3.05) is 13.1 Å². The molecule has 6 nitrogen and oxygen atoms in total. The molecule has 0 spiro atoms. The second-order valence-corrected chi connectivity index (χ2v) is 7.39. The van der Waals surface area contributed by atoms with E-state index >= 15 is 0 Å². The number of likely N-dealkylation sites (tertiary alicyclic amines) is 1. The molecule has 0 radical (unpaired) electrons. The molecule has 3 aromatic rings. The quantitative estimate of drug-likeness (QED) is 0.631. The Balaban J connectivity index is 1.55. The smallest absolute Gasteiger partial charge is 0.253 e. The fourth-order valence-electron chi connectivity index (χ4n) is 4.28. The number of aromatic nitrogens is 3. The summed E-state index contributed by atoms with van der Waals surface area (Å²) in [6.45, 7) is 1.25. The van der Waals surface area contributed by atoms with Crippen LogP contribution in [0.2, 0.25) is 0 Å². The zero-order chi connectivity index (χ0) is 17.7. The summed E-state index contributed by atoms with van der Waals surface area (Å²) in [6.07, 6.45) is 6.05. The van der Waals surface area contributed by atoms with E-state index in [4.69, 9.17) is 0 Å². The van der Waals surface area contributed by atoms with Crippen LogP contribution in [-0.4, -0.2) is 50.3 Å². The zero-order valence-electron chi connectivity index (χ0n) is 14.6. The zero-order valence-corrected chi connectivity index (χ0v) is 14.6. The fraction of sp³-hybridized carbons (Fsp3) is 0.400. The lowest BCUT2D eigenvalue weighted by Crippen LogP contribution is -2.40. The highest BCUT2D eigenvalue weighted by Gasteiger charge is 2.24. The number of H-pyrrole nitrogens is 2. The predicted octanol–water partition coefficient (Wildman–Crippen LogP) is 2.64. The molecular weight excluding hydrogens is 328 g/mol. The van der Waals surface area contributed by atoms with E-state index in [0.717, 1.165) is 47.1 Å². The number of carbonyl (C=O) groups is 1. The van der Waals surface area contributed by atoms with E-state index in [-0.39, 0.29) is 12.0 Å². The van der Waals surface area contributed by atoms with Crippen LogP contribution in [0.25, 0.3) is 22.3 Å². The minimum Gasteiger partial charge on any atom is -0.393 e. The van der Waals surface area contributed by atoms with Crippen molar-refractivity contribution in [3.05, 3.63) is 41.1 Å². The number of nitrogens with one attached hydrogen (secondary N) is 2. The van der Waals surface area contributed by atoms with Crippen molar-refractivity contribution < 1.29 is 9.90 Å². The SMILES string of the molecule is O=C(c1ccc2[nH]c3c(c2c1)CCCc1cn[nH]c1-3)N1CCC(O)CC1. The third-order valence-corrected chi connectivity index (χ3v) is 5.75. The molecule has 1 fully saturated rings. The molecule has 0 atom stereocenters. The van der Waals surface area contributed by atoms with Gasteiger partial charge in [0.05, 0.1) is 23.7 Å². The number of nitrogens with zero attached hydrogens (tertiary/aromatic N) is 2. The van der Waals surface area contributed by atoms with Gasteiger partial charge in [0.2, 0.25) is 0 Å². The van der Waals surface area contributed by atoms with Gasteiger partial charge in [0.15, 0.2) is 0 Å². The van der Waals surface area contributed by atoms with Crippen molar-refractivity contribution >= 4 is 16.8 Å². The number of aromatic amines is 2. The topological polar surface area (TPSA) is 85.0 Å². The summed E-state index contributed by atoms with van der Waals surface area (Å²) in [7, 11) is 0. The van der Waals surface area contributed by atoms with Crippen molar-refractivity contribution in [1.82, 2.24) is 20.1 Å². The van der Waals surface area contributed by atoms with Gasteiger partial charge < -0.3 is 15.0 Å². The third-order valence-electron chi connectivity index (χ3n) is 5.75. The number of aliphatic hydroxyl groups is 1. The maximum atomic E-state index is 12.9. The van der Waals surface area contributed by atoms with Crippen LogP contribution in [0, 0.1) is 0 Å². The Labute approximate surface area is 151 Å². The molecule has 3 heterocycles. The van der Waals surface area contributed by atoms with Crippen molar-refractivity contribution in [2.45, 2.75) is 38.2 Å². The number of aryl methyl sites for hydroxylation is 2. The van der Waals surface area contributed by atoms with Gasteiger partial charge in [-0.05, 0) is 61.4 Å². The minimum atomic E-state index is -0.273. The standard InChI is InChI=1S/C20H22N4O2/c25-14-6-8-24(9-7-14)20(26)12-4-5-17-16(10-12)15-3-1-2-13-11-21-23-18(13)19(15)22-17/h4-5,10-11,14,22,25H,1-3,6-9H2,(H,21,23). The first-order valence-electron chi connectivity index (χ1n) is 9.35. The van der Waals surface area contributed by atoms with E-state index in [1.54, 1.807) is 0 Å². The Kier molecular flexibility index (Phi) is 3.60. The van der Waals surface area contributed by atoms with E-state index in [1.807, 2.05) is 29.3 Å². The molecule has 5 rings (SSSR count). The molecule has 0 unspecified atom stereocenters. The molecule has 2 aromatic heterocycles. The number of piperidine rings is 1. The molecule has 1 aromatic carbocycles. The maximum absolute atomic E-state index is 12.9. The Bertz CT molecular complexity index is 979. The number of rotatable bonds is 1.